The van der Waals surface area contributed by atoms with Gasteiger partial charge in [-0.05, 0) is 53.6 Å². The van der Waals surface area contributed by atoms with Crippen molar-refractivity contribution >= 4 is 44.2 Å². The third-order valence-electron chi connectivity index (χ3n) is 4.98. The van der Waals surface area contributed by atoms with Crippen LogP contribution in [0.15, 0.2) is 60.7 Å². The number of nitrogens with one attached hydrogen (secondary N) is 2. The van der Waals surface area contributed by atoms with Gasteiger partial charge in [0.2, 0.25) is 0 Å². The second-order valence-corrected chi connectivity index (χ2v) is 8.38. The van der Waals surface area contributed by atoms with Gasteiger partial charge in [-0.1, -0.05) is 29.5 Å². The van der Waals surface area contributed by atoms with Crippen LogP contribution in [0.2, 0.25) is 0 Å². The van der Waals surface area contributed by atoms with E-state index in [4.69, 9.17) is 9.84 Å². The highest BCUT2D eigenvalue weighted by Crippen LogP contribution is 2.31. The standard InChI is InChI=1S/C24H19F2N3O4S/c1-33-12-20(23(31)32)27-22(30)14-4-2-13(3-5-14)15-6-8-18(17(26)10-15)28-24-29-19-9-7-16(25)11-21(19)34-24/h2-11,20H,12H2,1H3,(H,27,30)(H,28,29)(H,31,32)/t20-/m0/s1. The molecule has 34 heavy (non-hydrogen) atoms. The molecule has 0 saturated heterocycles. The number of hydrogen-bond acceptors (Lipinski definition) is 6. The van der Waals surface area contributed by atoms with Crippen LogP contribution in [-0.4, -0.2) is 41.7 Å². The van der Waals surface area contributed by atoms with E-state index in [2.05, 4.69) is 15.6 Å². The number of aromatic nitrogens is 1. The molecule has 0 unspecified atom stereocenters. The number of carbonyl (C=O) groups is 2. The van der Waals surface area contributed by atoms with Gasteiger partial charge in [-0.15, -0.1) is 0 Å². The molecule has 0 aliphatic carbocycles. The molecule has 3 aromatic carbocycles. The normalized spacial score (nSPS) is 11.9. The van der Waals surface area contributed by atoms with E-state index < -0.39 is 23.7 Å². The van der Waals surface area contributed by atoms with Gasteiger partial charge >= 0.3 is 5.97 Å². The first-order chi connectivity index (χ1) is 16.3. The Balaban J connectivity index is 1.47. The van der Waals surface area contributed by atoms with Crippen LogP contribution in [-0.2, 0) is 9.53 Å². The minimum absolute atomic E-state index is 0.160. The van der Waals surface area contributed by atoms with Crippen molar-refractivity contribution in [3.8, 4) is 11.1 Å². The molecular formula is C24H19F2N3O4S. The highest BCUT2D eigenvalue weighted by atomic mass is 32.1. The van der Waals surface area contributed by atoms with E-state index in [-0.39, 0.29) is 23.7 Å². The molecule has 1 heterocycles. The van der Waals surface area contributed by atoms with Gasteiger partial charge in [-0.25, -0.2) is 18.6 Å². The summed E-state index contributed by atoms with van der Waals surface area (Å²) in [6.07, 6.45) is 0. The summed E-state index contributed by atoms with van der Waals surface area (Å²) in [5, 5.41) is 14.9. The predicted molar refractivity (Wildman–Crippen MR) is 125 cm³/mol. The second kappa shape index (κ2) is 9.94. The van der Waals surface area contributed by atoms with Crippen molar-refractivity contribution < 1.29 is 28.2 Å². The number of hydrogen-bond donors (Lipinski definition) is 3. The van der Waals surface area contributed by atoms with E-state index in [1.807, 2.05) is 0 Å². The summed E-state index contributed by atoms with van der Waals surface area (Å²) in [4.78, 5) is 27.8. The number of anilines is 2. The van der Waals surface area contributed by atoms with Crippen LogP contribution < -0.4 is 10.6 Å². The van der Waals surface area contributed by atoms with Gasteiger partial charge in [0.1, 0.15) is 11.6 Å². The minimum Gasteiger partial charge on any atom is -0.480 e. The van der Waals surface area contributed by atoms with E-state index in [1.54, 1.807) is 30.3 Å². The van der Waals surface area contributed by atoms with Gasteiger partial charge in [0.25, 0.3) is 5.91 Å². The highest BCUT2D eigenvalue weighted by Gasteiger charge is 2.20. The Morgan fingerprint density at radius 3 is 2.47 bits per heavy atom. The molecule has 3 N–H and O–H groups in total. The number of methoxy groups -OCH3 is 1. The Morgan fingerprint density at radius 2 is 1.79 bits per heavy atom. The fourth-order valence-corrected chi connectivity index (χ4v) is 4.16. The van der Waals surface area contributed by atoms with Crippen LogP contribution in [0.4, 0.5) is 19.6 Å². The molecule has 1 atom stereocenters. The van der Waals surface area contributed by atoms with Gasteiger partial charge in [0.05, 0.1) is 22.5 Å². The summed E-state index contributed by atoms with van der Waals surface area (Å²) in [6.45, 7) is -0.160. The molecule has 0 fully saturated rings. The van der Waals surface area contributed by atoms with Crippen molar-refractivity contribution in [3.63, 3.8) is 0 Å². The number of rotatable bonds is 8. The first kappa shape index (κ1) is 23.3. The summed E-state index contributed by atoms with van der Waals surface area (Å²) in [5.41, 5.74) is 2.36. The summed E-state index contributed by atoms with van der Waals surface area (Å²) in [5.74, 6) is -2.63. The Morgan fingerprint density at radius 1 is 1.06 bits per heavy atom. The van der Waals surface area contributed by atoms with Crippen molar-refractivity contribution in [1.82, 2.24) is 10.3 Å². The lowest BCUT2D eigenvalue weighted by molar-refractivity contribution is -0.140. The van der Waals surface area contributed by atoms with Crippen LogP contribution in [0, 0.1) is 11.6 Å². The molecule has 0 bridgehead atoms. The predicted octanol–water partition coefficient (Wildman–Crippen LogP) is 4.81. The zero-order chi connectivity index (χ0) is 24.2. The second-order valence-electron chi connectivity index (χ2n) is 7.35. The Hall–Kier alpha value is -3.89. The first-order valence-electron chi connectivity index (χ1n) is 10.1. The van der Waals surface area contributed by atoms with E-state index in [0.29, 0.717) is 26.5 Å². The van der Waals surface area contributed by atoms with Crippen LogP contribution in [0.1, 0.15) is 10.4 Å². The average Bonchev–Trinajstić information content (AvgIpc) is 3.21. The van der Waals surface area contributed by atoms with Crippen molar-refractivity contribution in [2.75, 3.05) is 19.0 Å². The molecule has 0 aliphatic heterocycles. The molecule has 4 aromatic rings. The molecule has 7 nitrogen and oxygen atoms in total. The summed E-state index contributed by atoms with van der Waals surface area (Å²) < 4.78 is 33.6. The van der Waals surface area contributed by atoms with Crippen LogP contribution in [0.3, 0.4) is 0 Å². The number of benzene rings is 3. The maximum absolute atomic E-state index is 14.8. The topological polar surface area (TPSA) is 101 Å². The van der Waals surface area contributed by atoms with E-state index >= 15 is 0 Å². The molecule has 0 aliphatic rings. The molecule has 4 rings (SSSR count). The number of nitrogens with zero attached hydrogens (tertiary/aromatic N) is 1. The fourth-order valence-electron chi connectivity index (χ4n) is 3.26. The maximum atomic E-state index is 14.8. The molecule has 0 spiro atoms. The molecular weight excluding hydrogens is 464 g/mol. The number of fused-ring (bicyclic) bond motifs is 1. The third-order valence-corrected chi connectivity index (χ3v) is 5.91. The quantitative estimate of drug-likeness (QED) is 0.332. The molecule has 174 valence electrons. The first-order valence-corrected chi connectivity index (χ1v) is 10.9. The number of carboxylic acids is 1. The van der Waals surface area contributed by atoms with E-state index in [1.165, 1.54) is 48.8 Å². The average molecular weight is 483 g/mol. The van der Waals surface area contributed by atoms with E-state index in [0.717, 1.165) is 0 Å². The number of amides is 1. The lowest BCUT2D eigenvalue weighted by Crippen LogP contribution is -2.43. The summed E-state index contributed by atoms with van der Waals surface area (Å²) in [7, 11) is 1.34. The number of carbonyl (C=O) groups excluding carboxylic acids is 1. The number of thiazole rings is 1. The lowest BCUT2D eigenvalue weighted by atomic mass is 10.0. The summed E-state index contributed by atoms with van der Waals surface area (Å²) in [6, 6.07) is 14.1. The van der Waals surface area contributed by atoms with Crippen LogP contribution in [0.25, 0.3) is 21.3 Å². The smallest absolute Gasteiger partial charge is 0.328 e. The Labute approximate surface area is 197 Å². The maximum Gasteiger partial charge on any atom is 0.328 e. The number of halogens is 2. The van der Waals surface area contributed by atoms with Crippen molar-refractivity contribution in [3.05, 3.63) is 77.9 Å². The number of ether oxygens (including phenoxy) is 1. The Bertz CT molecular complexity index is 1360. The molecule has 0 saturated carbocycles. The SMILES string of the molecule is COC[C@H](NC(=O)c1ccc(-c2ccc(Nc3nc4ccc(F)cc4s3)c(F)c2)cc1)C(=O)O. The van der Waals surface area contributed by atoms with Gasteiger partial charge in [0.15, 0.2) is 11.2 Å². The largest absolute Gasteiger partial charge is 0.480 e. The van der Waals surface area contributed by atoms with Gasteiger partial charge in [0, 0.05) is 12.7 Å². The molecule has 10 heteroatoms. The fraction of sp³-hybridized carbons (Fsp3) is 0.125. The molecule has 1 aromatic heterocycles. The van der Waals surface area contributed by atoms with Crippen LogP contribution >= 0.6 is 11.3 Å². The zero-order valence-electron chi connectivity index (χ0n) is 17.8. The highest BCUT2D eigenvalue weighted by molar-refractivity contribution is 7.22. The Kier molecular flexibility index (Phi) is 6.80. The minimum atomic E-state index is -1.20. The van der Waals surface area contributed by atoms with Crippen molar-refractivity contribution in [2.24, 2.45) is 0 Å². The van der Waals surface area contributed by atoms with Crippen molar-refractivity contribution in [1.29, 1.82) is 0 Å². The monoisotopic (exact) mass is 483 g/mol. The number of aliphatic carboxylic acids is 1. The lowest BCUT2D eigenvalue weighted by Gasteiger charge is -2.13. The van der Waals surface area contributed by atoms with Gasteiger partial charge in [-0.2, -0.15) is 0 Å². The zero-order valence-corrected chi connectivity index (χ0v) is 18.7. The molecule has 0 radical (unpaired) electrons. The summed E-state index contributed by atoms with van der Waals surface area (Å²) >= 11 is 1.22. The van der Waals surface area contributed by atoms with Gasteiger partial charge < -0.3 is 20.5 Å². The van der Waals surface area contributed by atoms with Crippen molar-refractivity contribution in [2.45, 2.75) is 6.04 Å². The van der Waals surface area contributed by atoms with E-state index in [9.17, 15) is 18.4 Å². The number of carboxylic acid groups (broad SMARTS) is 1. The third kappa shape index (κ3) is 5.19. The molecule has 1 amide bonds. The van der Waals surface area contributed by atoms with Crippen LogP contribution in [0.5, 0.6) is 0 Å². The van der Waals surface area contributed by atoms with Gasteiger partial charge in [-0.3, -0.25) is 4.79 Å².